The number of benzene rings is 1. The van der Waals surface area contributed by atoms with Crippen LogP contribution < -0.4 is 5.73 Å². The Morgan fingerprint density at radius 3 is 2.57 bits per heavy atom. The molecule has 10 heteroatoms. The molecule has 0 aliphatic heterocycles. The fraction of sp³-hybridized carbons (Fsp3) is 0.364. The van der Waals surface area contributed by atoms with E-state index >= 15 is 0 Å². The lowest BCUT2D eigenvalue weighted by Crippen LogP contribution is -2.30. The van der Waals surface area contributed by atoms with Crippen LogP contribution in [0.25, 0.3) is 0 Å². The second kappa shape index (κ2) is 6.31. The molecule has 21 heavy (non-hydrogen) atoms. The van der Waals surface area contributed by atoms with E-state index in [1.807, 2.05) is 0 Å². The maximum Gasteiger partial charge on any atom is 0.416 e. The summed E-state index contributed by atoms with van der Waals surface area (Å²) < 4.78 is 62.9. The fourth-order valence-corrected chi connectivity index (χ4v) is 2.67. The molecule has 0 aromatic heterocycles. The van der Waals surface area contributed by atoms with E-state index in [1.54, 1.807) is 0 Å². The van der Waals surface area contributed by atoms with E-state index in [1.165, 1.54) is 7.05 Å². The number of amidine groups is 1. The Labute approximate surface area is 119 Å². The van der Waals surface area contributed by atoms with Crippen molar-refractivity contribution in [3.05, 3.63) is 29.8 Å². The highest BCUT2D eigenvalue weighted by molar-refractivity contribution is 7.89. The number of oxime groups is 1. The van der Waals surface area contributed by atoms with Crippen LogP contribution in [-0.4, -0.2) is 37.4 Å². The molecule has 0 fully saturated rings. The van der Waals surface area contributed by atoms with Crippen molar-refractivity contribution in [2.45, 2.75) is 17.5 Å². The Bertz CT molecular complexity index is 629. The van der Waals surface area contributed by atoms with Gasteiger partial charge in [-0.25, -0.2) is 12.7 Å². The van der Waals surface area contributed by atoms with Crippen LogP contribution in [0.4, 0.5) is 13.2 Å². The summed E-state index contributed by atoms with van der Waals surface area (Å²) in [6.07, 6.45) is -4.68. The fourth-order valence-electron chi connectivity index (χ4n) is 1.46. The zero-order valence-electron chi connectivity index (χ0n) is 11.0. The minimum absolute atomic E-state index is 0.0504. The standard InChI is InChI=1S/C11H14F3N3O3S/c1-17(6-5-10(15)16-18)21(19,20)9-4-2-3-8(7-9)11(12,13)14/h2-4,7,18H,5-6H2,1H3,(H2,15,16). The van der Waals surface area contributed by atoms with Gasteiger partial charge < -0.3 is 10.9 Å². The van der Waals surface area contributed by atoms with Crippen LogP contribution in [-0.2, 0) is 16.2 Å². The molecule has 6 nitrogen and oxygen atoms in total. The molecule has 0 aliphatic rings. The first-order valence-electron chi connectivity index (χ1n) is 5.69. The second-order valence-corrected chi connectivity index (χ2v) is 6.24. The molecule has 0 bridgehead atoms. The summed E-state index contributed by atoms with van der Waals surface area (Å²) >= 11 is 0. The molecule has 3 N–H and O–H groups in total. The summed E-state index contributed by atoms with van der Waals surface area (Å²) in [4.78, 5) is -0.473. The SMILES string of the molecule is CN(CC/C(N)=N/O)S(=O)(=O)c1cccc(C(F)(F)F)c1. The molecule has 0 saturated heterocycles. The monoisotopic (exact) mass is 325 g/mol. The number of hydrogen-bond acceptors (Lipinski definition) is 4. The van der Waals surface area contributed by atoms with E-state index in [4.69, 9.17) is 10.9 Å². The van der Waals surface area contributed by atoms with Crippen LogP contribution in [0, 0.1) is 0 Å². The summed E-state index contributed by atoms with van der Waals surface area (Å²) in [5, 5.41) is 11.0. The van der Waals surface area contributed by atoms with Crippen molar-refractivity contribution in [1.82, 2.24) is 4.31 Å². The normalized spacial score (nSPS) is 13.7. The van der Waals surface area contributed by atoms with E-state index in [9.17, 15) is 21.6 Å². The molecule has 1 rings (SSSR count). The molecule has 118 valence electrons. The van der Waals surface area contributed by atoms with Crippen molar-refractivity contribution in [3.63, 3.8) is 0 Å². The van der Waals surface area contributed by atoms with Gasteiger partial charge in [0.2, 0.25) is 10.0 Å². The third-order valence-corrected chi connectivity index (χ3v) is 4.53. The van der Waals surface area contributed by atoms with E-state index in [2.05, 4.69) is 5.16 Å². The van der Waals surface area contributed by atoms with Gasteiger partial charge in [-0.1, -0.05) is 11.2 Å². The largest absolute Gasteiger partial charge is 0.416 e. The molecule has 1 aromatic rings. The van der Waals surface area contributed by atoms with Crippen molar-refractivity contribution in [2.24, 2.45) is 10.9 Å². The third-order valence-electron chi connectivity index (χ3n) is 2.68. The molecule has 0 heterocycles. The molecule has 0 spiro atoms. The average molecular weight is 325 g/mol. The number of nitrogens with zero attached hydrogens (tertiary/aromatic N) is 2. The Morgan fingerprint density at radius 1 is 1.43 bits per heavy atom. The average Bonchev–Trinajstić information content (AvgIpc) is 2.43. The Hall–Kier alpha value is -1.81. The van der Waals surface area contributed by atoms with Crippen molar-refractivity contribution in [2.75, 3.05) is 13.6 Å². The quantitative estimate of drug-likeness (QED) is 0.371. The van der Waals surface area contributed by atoms with Gasteiger partial charge in [0.1, 0.15) is 5.84 Å². The van der Waals surface area contributed by atoms with Crippen LogP contribution in [0.2, 0.25) is 0 Å². The molecule has 0 saturated carbocycles. The number of halogens is 3. The van der Waals surface area contributed by atoms with Crippen LogP contribution in [0.5, 0.6) is 0 Å². The van der Waals surface area contributed by atoms with Gasteiger partial charge in [0.15, 0.2) is 0 Å². The Balaban J connectivity index is 3.03. The maximum absolute atomic E-state index is 12.6. The highest BCUT2D eigenvalue weighted by Crippen LogP contribution is 2.30. The van der Waals surface area contributed by atoms with Crippen molar-refractivity contribution >= 4 is 15.9 Å². The molecular formula is C11H14F3N3O3S. The second-order valence-electron chi connectivity index (χ2n) is 4.19. The smallest absolute Gasteiger partial charge is 0.409 e. The van der Waals surface area contributed by atoms with Gasteiger partial charge in [0, 0.05) is 20.0 Å². The van der Waals surface area contributed by atoms with Crippen LogP contribution >= 0.6 is 0 Å². The van der Waals surface area contributed by atoms with Gasteiger partial charge in [-0.15, -0.1) is 0 Å². The lowest BCUT2D eigenvalue weighted by molar-refractivity contribution is -0.137. The molecule has 0 aliphatic carbocycles. The van der Waals surface area contributed by atoms with Gasteiger partial charge in [-0.3, -0.25) is 0 Å². The van der Waals surface area contributed by atoms with Gasteiger partial charge >= 0.3 is 6.18 Å². The molecule has 0 atom stereocenters. The van der Waals surface area contributed by atoms with E-state index < -0.39 is 26.7 Å². The number of hydrogen-bond donors (Lipinski definition) is 2. The zero-order valence-corrected chi connectivity index (χ0v) is 11.8. The Kier molecular flexibility index (Phi) is 5.18. The number of rotatable bonds is 5. The predicted molar refractivity (Wildman–Crippen MR) is 69.3 cm³/mol. The first-order chi connectivity index (χ1) is 9.59. The van der Waals surface area contributed by atoms with E-state index in [0.29, 0.717) is 6.07 Å². The highest BCUT2D eigenvalue weighted by atomic mass is 32.2. The number of nitrogens with two attached hydrogens (primary N) is 1. The third kappa shape index (κ3) is 4.33. The van der Waals surface area contributed by atoms with E-state index in [-0.39, 0.29) is 18.8 Å². The maximum atomic E-state index is 12.6. The molecule has 0 unspecified atom stereocenters. The van der Waals surface area contributed by atoms with Crippen LogP contribution in [0.15, 0.2) is 34.3 Å². The van der Waals surface area contributed by atoms with Gasteiger partial charge in [0.05, 0.1) is 10.5 Å². The van der Waals surface area contributed by atoms with Gasteiger partial charge in [-0.05, 0) is 18.2 Å². The summed E-state index contributed by atoms with van der Waals surface area (Å²) in [6, 6.07) is 3.45. The Morgan fingerprint density at radius 2 is 2.05 bits per heavy atom. The van der Waals surface area contributed by atoms with Crippen molar-refractivity contribution in [3.8, 4) is 0 Å². The molecule has 0 amide bonds. The molecule has 0 radical (unpaired) electrons. The summed E-state index contributed by atoms with van der Waals surface area (Å²) in [6.45, 7) is -0.130. The van der Waals surface area contributed by atoms with E-state index in [0.717, 1.165) is 22.5 Å². The lowest BCUT2D eigenvalue weighted by Gasteiger charge is -2.17. The highest BCUT2D eigenvalue weighted by Gasteiger charge is 2.32. The minimum Gasteiger partial charge on any atom is -0.409 e. The molecular weight excluding hydrogens is 311 g/mol. The van der Waals surface area contributed by atoms with Gasteiger partial charge in [-0.2, -0.15) is 13.2 Å². The number of alkyl halides is 3. The van der Waals surface area contributed by atoms with Crippen LogP contribution in [0.1, 0.15) is 12.0 Å². The molecule has 1 aromatic carbocycles. The van der Waals surface area contributed by atoms with Gasteiger partial charge in [0.25, 0.3) is 0 Å². The predicted octanol–water partition coefficient (Wildman–Crippen LogP) is 1.46. The van der Waals surface area contributed by atoms with Crippen molar-refractivity contribution < 1.29 is 26.8 Å². The minimum atomic E-state index is -4.63. The van der Waals surface area contributed by atoms with Crippen LogP contribution in [0.3, 0.4) is 0 Å². The first-order valence-corrected chi connectivity index (χ1v) is 7.13. The van der Waals surface area contributed by atoms with Crippen molar-refractivity contribution in [1.29, 1.82) is 0 Å². The number of sulfonamides is 1. The summed E-state index contributed by atoms with van der Waals surface area (Å²) in [7, 11) is -2.89. The topological polar surface area (TPSA) is 96.0 Å². The summed E-state index contributed by atoms with van der Waals surface area (Å²) in [5.74, 6) is -0.180. The lowest BCUT2D eigenvalue weighted by atomic mass is 10.2. The first kappa shape index (κ1) is 17.2. The zero-order chi connectivity index (χ0) is 16.3. The summed E-state index contributed by atoms with van der Waals surface area (Å²) in [5.41, 5.74) is 4.17.